The van der Waals surface area contributed by atoms with E-state index in [0.29, 0.717) is 30.2 Å². The third kappa shape index (κ3) is 4.14. The highest BCUT2D eigenvalue weighted by Gasteiger charge is 2.17. The largest absolute Gasteiger partial charge is 0.497 e. The van der Waals surface area contributed by atoms with Crippen LogP contribution in [0.3, 0.4) is 0 Å². The van der Waals surface area contributed by atoms with Gasteiger partial charge in [-0.15, -0.1) is 10.2 Å². The van der Waals surface area contributed by atoms with Crippen molar-refractivity contribution >= 4 is 11.6 Å². The molecule has 1 aliphatic heterocycles. The minimum Gasteiger partial charge on any atom is -0.497 e. The number of aryl methyl sites for hydroxylation is 1. The first-order valence-electron chi connectivity index (χ1n) is 9.63. The van der Waals surface area contributed by atoms with Gasteiger partial charge < -0.3 is 14.8 Å². The number of hydrogen-bond donors (Lipinski definition) is 1. The summed E-state index contributed by atoms with van der Waals surface area (Å²) in [5, 5.41) is 11.0. The van der Waals surface area contributed by atoms with Gasteiger partial charge in [-0.05, 0) is 37.1 Å². The summed E-state index contributed by atoms with van der Waals surface area (Å²) in [5.74, 6) is 1.22. The molecule has 9 nitrogen and oxygen atoms in total. The maximum Gasteiger partial charge on any atom is 0.300 e. The van der Waals surface area contributed by atoms with E-state index in [1.807, 2.05) is 0 Å². The number of ether oxygens (including phenoxy) is 2. The van der Waals surface area contributed by atoms with E-state index >= 15 is 0 Å². The summed E-state index contributed by atoms with van der Waals surface area (Å²) < 4.78 is 13.8. The van der Waals surface area contributed by atoms with Crippen molar-refractivity contribution in [1.82, 2.24) is 24.5 Å². The molecule has 2 aromatic heterocycles. The Labute approximate surface area is 167 Å². The molecule has 0 radical (unpaired) electrons. The molecule has 1 amide bonds. The first-order valence-corrected chi connectivity index (χ1v) is 9.63. The Morgan fingerprint density at radius 3 is 2.83 bits per heavy atom. The predicted molar refractivity (Wildman–Crippen MR) is 105 cm³/mol. The molecule has 1 aromatic carbocycles. The Kier molecular flexibility index (Phi) is 5.57. The van der Waals surface area contributed by atoms with E-state index in [0.717, 1.165) is 19.4 Å². The van der Waals surface area contributed by atoms with Crippen molar-refractivity contribution < 1.29 is 14.3 Å². The Balaban J connectivity index is 1.45. The molecular weight excluding hydrogens is 374 g/mol. The van der Waals surface area contributed by atoms with Crippen LogP contribution in [0, 0.1) is 0 Å². The average molecular weight is 397 g/mol. The summed E-state index contributed by atoms with van der Waals surface area (Å²) in [6.07, 6.45) is 6.21. The zero-order valence-corrected chi connectivity index (χ0v) is 16.2. The molecule has 152 valence electrons. The van der Waals surface area contributed by atoms with E-state index in [4.69, 9.17) is 9.47 Å². The van der Waals surface area contributed by atoms with Gasteiger partial charge in [-0.25, -0.2) is 0 Å². The second-order valence-corrected chi connectivity index (χ2v) is 6.92. The Bertz CT molecular complexity index is 1050. The standard InChI is InChI=1S/C20H23N5O4/c1-28-15-6-4-14(5-7-15)24-10-11-25-17(22-23-19(25)20(24)27)8-9-18(26)21-13-16-3-2-12-29-16/h4-7,10-11,16H,2-3,8-9,12-13H2,1H3,(H,21,26). The lowest BCUT2D eigenvalue weighted by atomic mass is 10.2. The van der Waals surface area contributed by atoms with E-state index in [9.17, 15) is 9.59 Å². The number of fused-ring (bicyclic) bond motifs is 1. The third-order valence-corrected chi connectivity index (χ3v) is 5.02. The van der Waals surface area contributed by atoms with Crippen molar-refractivity contribution in [3.8, 4) is 11.4 Å². The molecule has 1 saturated heterocycles. The number of hydrogen-bond acceptors (Lipinski definition) is 6. The van der Waals surface area contributed by atoms with Crippen molar-refractivity contribution in [1.29, 1.82) is 0 Å². The lowest BCUT2D eigenvalue weighted by molar-refractivity contribution is -0.121. The van der Waals surface area contributed by atoms with Crippen LogP contribution >= 0.6 is 0 Å². The molecule has 4 rings (SSSR count). The SMILES string of the molecule is COc1ccc(-n2ccn3c(CCC(=O)NCC4CCCO4)nnc3c2=O)cc1. The normalized spacial score (nSPS) is 16.2. The number of carbonyl (C=O) groups excluding carboxylic acids is 1. The van der Waals surface area contributed by atoms with Crippen LogP contribution in [0.15, 0.2) is 41.5 Å². The zero-order valence-electron chi connectivity index (χ0n) is 16.2. The van der Waals surface area contributed by atoms with Gasteiger partial charge in [0.05, 0.1) is 13.2 Å². The number of carbonyl (C=O) groups is 1. The first-order chi connectivity index (χ1) is 14.2. The summed E-state index contributed by atoms with van der Waals surface area (Å²) in [6.45, 7) is 1.30. The molecule has 0 spiro atoms. The molecule has 0 aliphatic carbocycles. The van der Waals surface area contributed by atoms with Crippen LogP contribution in [-0.4, -0.2) is 51.4 Å². The summed E-state index contributed by atoms with van der Waals surface area (Å²) in [5.41, 5.74) is 0.647. The lowest BCUT2D eigenvalue weighted by Crippen LogP contribution is -2.32. The molecule has 3 aromatic rings. The van der Waals surface area contributed by atoms with Crippen LogP contribution < -0.4 is 15.6 Å². The van der Waals surface area contributed by atoms with E-state index in [1.165, 1.54) is 4.57 Å². The molecule has 1 fully saturated rings. The molecule has 0 bridgehead atoms. The third-order valence-electron chi connectivity index (χ3n) is 5.02. The molecule has 1 aliphatic rings. The first kappa shape index (κ1) is 19.1. The van der Waals surface area contributed by atoms with Gasteiger partial charge in [0, 0.05) is 44.1 Å². The number of aromatic nitrogens is 4. The van der Waals surface area contributed by atoms with Gasteiger partial charge in [0.2, 0.25) is 11.6 Å². The van der Waals surface area contributed by atoms with Gasteiger partial charge in [-0.3, -0.25) is 18.6 Å². The molecule has 0 saturated carbocycles. The van der Waals surface area contributed by atoms with Crippen LogP contribution in [0.2, 0.25) is 0 Å². The number of methoxy groups -OCH3 is 1. The molecule has 1 N–H and O–H groups in total. The van der Waals surface area contributed by atoms with Crippen molar-refractivity contribution in [2.75, 3.05) is 20.3 Å². The zero-order chi connectivity index (χ0) is 20.2. The number of nitrogens with one attached hydrogen (secondary N) is 1. The fourth-order valence-corrected chi connectivity index (χ4v) is 3.40. The fourth-order valence-electron chi connectivity index (χ4n) is 3.40. The van der Waals surface area contributed by atoms with Gasteiger partial charge in [0.25, 0.3) is 0 Å². The number of benzene rings is 1. The van der Waals surface area contributed by atoms with Crippen molar-refractivity contribution in [2.45, 2.75) is 31.8 Å². The average Bonchev–Trinajstić information content (AvgIpc) is 3.41. The Morgan fingerprint density at radius 1 is 1.28 bits per heavy atom. The highest BCUT2D eigenvalue weighted by atomic mass is 16.5. The minimum absolute atomic E-state index is 0.0659. The predicted octanol–water partition coefficient (Wildman–Crippen LogP) is 1.12. The lowest BCUT2D eigenvalue weighted by Gasteiger charge is -2.10. The molecule has 3 heterocycles. The number of nitrogens with zero attached hydrogens (tertiary/aromatic N) is 4. The number of rotatable bonds is 7. The van der Waals surface area contributed by atoms with Gasteiger partial charge in [-0.1, -0.05) is 0 Å². The van der Waals surface area contributed by atoms with Crippen LogP contribution in [0.4, 0.5) is 0 Å². The maximum absolute atomic E-state index is 12.8. The van der Waals surface area contributed by atoms with Crippen molar-refractivity contribution in [3.05, 3.63) is 52.8 Å². The van der Waals surface area contributed by atoms with Gasteiger partial charge in [0.15, 0.2) is 0 Å². The molecule has 9 heteroatoms. The highest BCUT2D eigenvalue weighted by molar-refractivity contribution is 5.76. The van der Waals surface area contributed by atoms with Gasteiger partial charge in [-0.2, -0.15) is 0 Å². The Hall–Kier alpha value is -3.20. The van der Waals surface area contributed by atoms with Gasteiger partial charge in [0.1, 0.15) is 11.6 Å². The molecule has 1 atom stereocenters. The Morgan fingerprint density at radius 2 is 2.10 bits per heavy atom. The van der Waals surface area contributed by atoms with E-state index < -0.39 is 0 Å². The van der Waals surface area contributed by atoms with Crippen LogP contribution in [0.1, 0.15) is 25.1 Å². The van der Waals surface area contributed by atoms with E-state index in [-0.39, 0.29) is 29.6 Å². The van der Waals surface area contributed by atoms with Crippen molar-refractivity contribution in [2.24, 2.45) is 0 Å². The molecular formula is C20H23N5O4. The molecule has 1 unspecified atom stereocenters. The van der Waals surface area contributed by atoms with Crippen LogP contribution in [0.25, 0.3) is 11.3 Å². The second kappa shape index (κ2) is 8.44. The summed E-state index contributed by atoms with van der Waals surface area (Å²) in [6, 6.07) is 7.17. The van der Waals surface area contributed by atoms with Gasteiger partial charge >= 0.3 is 5.56 Å². The summed E-state index contributed by atoms with van der Waals surface area (Å²) in [4.78, 5) is 24.9. The van der Waals surface area contributed by atoms with Crippen molar-refractivity contribution in [3.63, 3.8) is 0 Å². The van der Waals surface area contributed by atoms with Crippen LogP contribution in [0.5, 0.6) is 5.75 Å². The summed E-state index contributed by atoms with van der Waals surface area (Å²) in [7, 11) is 1.59. The minimum atomic E-state index is -0.278. The summed E-state index contributed by atoms with van der Waals surface area (Å²) >= 11 is 0. The number of amides is 1. The second-order valence-electron chi connectivity index (χ2n) is 6.92. The maximum atomic E-state index is 12.8. The fraction of sp³-hybridized carbons (Fsp3) is 0.400. The smallest absolute Gasteiger partial charge is 0.300 e. The highest BCUT2D eigenvalue weighted by Crippen LogP contribution is 2.14. The molecule has 29 heavy (non-hydrogen) atoms. The monoisotopic (exact) mass is 397 g/mol. The van der Waals surface area contributed by atoms with E-state index in [1.54, 1.807) is 48.2 Å². The van der Waals surface area contributed by atoms with E-state index in [2.05, 4.69) is 15.5 Å². The quantitative estimate of drug-likeness (QED) is 0.641. The van der Waals surface area contributed by atoms with Crippen LogP contribution in [-0.2, 0) is 16.0 Å². The topological polar surface area (TPSA) is 99.8 Å².